The smallest absolute Gasteiger partial charge is 0.167 e. The molecule has 0 amide bonds. The van der Waals surface area contributed by atoms with Gasteiger partial charge in [-0.15, -0.1) is 0 Å². The molecule has 1 aromatic heterocycles. The molecule has 2 aromatic rings. The summed E-state index contributed by atoms with van der Waals surface area (Å²) in [6.07, 6.45) is 4.78. The molecule has 2 rings (SSSR count). The van der Waals surface area contributed by atoms with Gasteiger partial charge in [-0.1, -0.05) is 30.7 Å². The van der Waals surface area contributed by atoms with Gasteiger partial charge in [0.25, 0.3) is 0 Å². The van der Waals surface area contributed by atoms with Crippen molar-refractivity contribution in [3.05, 3.63) is 64.5 Å². The number of carbonyl (C=O) groups is 1. The van der Waals surface area contributed by atoms with Crippen molar-refractivity contribution < 1.29 is 4.79 Å². The number of nitrogens with zero attached hydrogens (tertiary/aromatic N) is 1. The van der Waals surface area contributed by atoms with Gasteiger partial charge in [0.05, 0.1) is 0 Å². The van der Waals surface area contributed by atoms with Crippen LogP contribution in [0.1, 0.15) is 39.5 Å². The molecular formula is C17H19NO. The lowest BCUT2D eigenvalue weighted by Crippen LogP contribution is -2.08. The molecule has 0 saturated heterocycles. The van der Waals surface area contributed by atoms with Crippen molar-refractivity contribution in [1.82, 2.24) is 4.98 Å². The molecule has 0 aliphatic heterocycles. The van der Waals surface area contributed by atoms with Crippen LogP contribution in [-0.2, 0) is 12.8 Å². The van der Waals surface area contributed by atoms with E-state index >= 15 is 0 Å². The third-order valence-corrected chi connectivity index (χ3v) is 3.44. The van der Waals surface area contributed by atoms with Gasteiger partial charge < -0.3 is 0 Å². The van der Waals surface area contributed by atoms with Crippen LogP contribution in [0.25, 0.3) is 0 Å². The standard InChI is InChI=1S/C17H19NO/c1-4-14-11-18-8-7-16(14)17(19)10-15-9-12(2)5-6-13(15)3/h5-9,11H,4,10H2,1-3H3. The van der Waals surface area contributed by atoms with Crippen LogP contribution in [0, 0.1) is 13.8 Å². The highest BCUT2D eigenvalue weighted by molar-refractivity contribution is 5.98. The van der Waals surface area contributed by atoms with E-state index in [4.69, 9.17) is 0 Å². The summed E-state index contributed by atoms with van der Waals surface area (Å²) in [6, 6.07) is 8.07. The Labute approximate surface area is 114 Å². The molecule has 98 valence electrons. The van der Waals surface area contributed by atoms with Crippen molar-refractivity contribution >= 4 is 5.78 Å². The molecule has 0 saturated carbocycles. The van der Waals surface area contributed by atoms with Crippen LogP contribution >= 0.6 is 0 Å². The lowest BCUT2D eigenvalue weighted by atomic mass is 9.95. The Bertz CT molecular complexity index is 602. The molecule has 19 heavy (non-hydrogen) atoms. The number of benzene rings is 1. The Hall–Kier alpha value is -1.96. The molecule has 0 aliphatic carbocycles. The second kappa shape index (κ2) is 5.79. The SMILES string of the molecule is CCc1cnccc1C(=O)Cc1cc(C)ccc1C. The lowest BCUT2D eigenvalue weighted by molar-refractivity contribution is 0.0992. The summed E-state index contributed by atoms with van der Waals surface area (Å²) in [6.45, 7) is 6.15. The molecule has 0 bridgehead atoms. The fourth-order valence-electron chi connectivity index (χ4n) is 2.24. The van der Waals surface area contributed by atoms with E-state index in [0.29, 0.717) is 6.42 Å². The molecule has 1 aromatic carbocycles. The molecule has 0 fully saturated rings. The molecule has 0 aliphatic rings. The molecule has 0 unspecified atom stereocenters. The summed E-state index contributed by atoms with van der Waals surface area (Å²) in [5.41, 5.74) is 5.31. The van der Waals surface area contributed by atoms with Gasteiger partial charge in [0.15, 0.2) is 5.78 Å². The van der Waals surface area contributed by atoms with Crippen LogP contribution in [0.4, 0.5) is 0 Å². The van der Waals surface area contributed by atoms with Gasteiger partial charge in [0, 0.05) is 24.4 Å². The lowest BCUT2D eigenvalue weighted by Gasteiger charge is -2.09. The normalized spacial score (nSPS) is 10.5. The van der Waals surface area contributed by atoms with Crippen LogP contribution in [-0.4, -0.2) is 10.8 Å². The second-order valence-electron chi connectivity index (χ2n) is 4.92. The number of pyridine rings is 1. The highest BCUT2D eigenvalue weighted by atomic mass is 16.1. The van der Waals surface area contributed by atoms with E-state index in [1.807, 2.05) is 13.0 Å². The van der Waals surface area contributed by atoms with Crippen molar-refractivity contribution in [3.63, 3.8) is 0 Å². The minimum absolute atomic E-state index is 0.174. The predicted octanol–water partition coefficient (Wildman–Crippen LogP) is 3.69. The number of ketones is 1. The van der Waals surface area contributed by atoms with E-state index in [1.54, 1.807) is 12.4 Å². The summed E-state index contributed by atoms with van der Waals surface area (Å²) in [4.78, 5) is 16.5. The van der Waals surface area contributed by atoms with Crippen LogP contribution in [0.15, 0.2) is 36.7 Å². The average Bonchev–Trinajstić information content (AvgIpc) is 2.42. The van der Waals surface area contributed by atoms with Crippen LogP contribution in [0.2, 0.25) is 0 Å². The van der Waals surface area contributed by atoms with E-state index in [-0.39, 0.29) is 5.78 Å². The topological polar surface area (TPSA) is 30.0 Å². The van der Waals surface area contributed by atoms with E-state index in [1.165, 1.54) is 11.1 Å². The maximum Gasteiger partial charge on any atom is 0.167 e. The van der Waals surface area contributed by atoms with Gasteiger partial charge in [-0.05, 0) is 43.0 Å². The third kappa shape index (κ3) is 3.08. The highest BCUT2D eigenvalue weighted by Crippen LogP contribution is 2.16. The first-order chi connectivity index (χ1) is 9.11. The number of aryl methyl sites for hydroxylation is 3. The number of carbonyl (C=O) groups excluding carboxylic acids is 1. The fraction of sp³-hybridized carbons (Fsp3) is 0.294. The Morgan fingerprint density at radius 2 is 1.95 bits per heavy atom. The summed E-state index contributed by atoms with van der Waals surface area (Å²) >= 11 is 0. The molecule has 1 heterocycles. The molecule has 0 radical (unpaired) electrons. The second-order valence-corrected chi connectivity index (χ2v) is 4.92. The van der Waals surface area contributed by atoms with Gasteiger partial charge in [-0.3, -0.25) is 9.78 Å². The zero-order chi connectivity index (χ0) is 13.8. The average molecular weight is 253 g/mol. The van der Waals surface area contributed by atoms with Gasteiger partial charge in [-0.2, -0.15) is 0 Å². The quantitative estimate of drug-likeness (QED) is 0.778. The first-order valence-electron chi connectivity index (χ1n) is 6.64. The van der Waals surface area contributed by atoms with Crippen molar-refractivity contribution in [3.8, 4) is 0 Å². The molecule has 0 atom stereocenters. The molecule has 2 nitrogen and oxygen atoms in total. The first-order valence-corrected chi connectivity index (χ1v) is 6.64. The van der Waals surface area contributed by atoms with E-state index in [2.05, 4.69) is 37.0 Å². The number of hydrogen-bond acceptors (Lipinski definition) is 2. The highest BCUT2D eigenvalue weighted by Gasteiger charge is 2.12. The minimum Gasteiger partial charge on any atom is -0.294 e. The summed E-state index contributed by atoms with van der Waals surface area (Å²) in [7, 11) is 0. The summed E-state index contributed by atoms with van der Waals surface area (Å²) in [5.74, 6) is 0.174. The molecular weight excluding hydrogens is 234 g/mol. The van der Waals surface area contributed by atoms with Gasteiger partial charge in [0.2, 0.25) is 0 Å². The van der Waals surface area contributed by atoms with Crippen LogP contribution in [0.5, 0.6) is 0 Å². The van der Waals surface area contributed by atoms with Crippen molar-refractivity contribution in [2.75, 3.05) is 0 Å². The number of Topliss-reactive ketones (excluding diaryl/α,β-unsaturated/α-hetero) is 1. The largest absolute Gasteiger partial charge is 0.294 e. The molecule has 0 spiro atoms. The fourth-order valence-corrected chi connectivity index (χ4v) is 2.24. The van der Waals surface area contributed by atoms with E-state index in [9.17, 15) is 4.79 Å². The Balaban J connectivity index is 2.28. The van der Waals surface area contributed by atoms with Gasteiger partial charge >= 0.3 is 0 Å². The number of hydrogen-bond donors (Lipinski definition) is 0. The summed E-state index contributed by atoms with van der Waals surface area (Å²) in [5, 5.41) is 0. The maximum atomic E-state index is 12.4. The number of aromatic nitrogens is 1. The van der Waals surface area contributed by atoms with Crippen LogP contribution in [0.3, 0.4) is 0 Å². The molecule has 0 N–H and O–H groups in total. The Morgan fingerprint density at radius 3 is 2.68 bits per heavy atom. The van der Waals surface area contributed by atoms with Crippen LogP contribution < -0.4 is 0 Å². The Kier molecular flexibility index (Phi) is 4.10. The maximum absolute atomic E-state index is 12.4. The predicted molar refractivity (Wildman–Crippen MR) is 77.6 cm³/mol. The van der Waals surface area contributed by atoms with Gasteiger partial charge in [0.1, 0.15) is 0 Å². The van der Waals surface area contributed by atoms with Crippen molar-refractivity contribution in [2.24, 2.45) is 0 Å². The van der Waals surface area contributed by atoms with E-state index < -0.39 is 0 Å². The number of rotatable bonds is 4. The Morgan fingerprint density at radius 1 is 1.16 bits per heavy atom. The zero-order valence-electron chi connectivity index (χ0n) is 11.7. The minimum atomic E-state index is 0.174. The van der Waals surface area contributed by atoms with Crippen molar-refractivity contribution in [1.29, 1.82) is 0 Å². The first kappa shape index (κ1) is 13.5. The van der Waals surface area contributed by atoms with E-state index in [0.717, 1.165) is 23.1 Å². The summed E-state index contributed by atoms with van der Waals surface area (Å²) < 4.78 is 0. The third-order valence-electron chi connectivity index (χ3n) is 3.44. The monoisotopic (exact) mass is 253 g/mol. The zero-order valence-corrected chi connectivity index (χ0v) is 11.7. The van der Waals surface area contributed by atoms with Gasteiger partial charge in [-0.25, -0.2) is 0 Å². The van der Waals surface area contributed by atoms with Crippen molar-refractivity contribution in [2.45, 2.75) is 33.6 Å². The molecule has 2 heteroatoms.